The van der Waals surface area contributed by atoms with Gasteiger partial charge in [0, 0.05) is 37.3 Å². The minimum Gasteiger partial charge on any atom is -0.497 e. The number of nitrogens with zero attached hydrogens (tertiary/aromatic N) is 3. The average molecular weight is 444 g/mol. The Balaban J connectivity index is 1.58. The van der Waals surface area contributed by atoms with Gasteiger partial charge in [-0.2, -0.15) is 9.78 Å². The molecule has 0 aromatic heterocycles. The number of hydrogen-bond acceptors (Lipinski definition) is 5. The summed E-state index contributed by atoms with van der Waals surface area (Å²) < 4.78 is 14.2. The Morgan fingerprint density at radius 1 is 1.18 bits per heavy atom. The summed E-state index contributed by atoms with van der Waals surface area (Å²) in [7, 11) is 1.57. The van der Waals surface area contributed by atoms with Crippen molar-refractivity contribution in [3.05, 3.63) is 82.9 Å². The Bertz CT molecular complexity index is 1310. The Labute approximate surface area is 190 Å². The lowest BCUT2D eigenvalue weighted by molar-refractivity contribution is 0.0961. The van der Waals surface area contributed by atoms with Crippen molar-refractivity contribution in [3.63, 3.8) is 0 Å². The molecule has 0 saturated carbocycles. The van der Waals surface area contributed by atoms with Crippen molar-refractivity contribution in [2.45, 2.75) is 25.5 Å². The maximum Gasteiger partial charge on any atom is 0.282 e. The van der Waals surface area contributed by atoms with Crippen LogP contribution in [0.25, 0.3) is 16.9 Å². The number of carbonyl (C=O) groups excluding carboxylic acids is 1. The number of aromatic nitrogens is 3. The third-order valence-corrected chi connectivity index (χ3v) is 5.73. The van der Waals surface area contributed by atoms with E-state index < -0.39 is 0 Å². The number of methoxy groups -OCH3 is 1. The molecule has 1 fully saturated rings. The van der Waals surface area contributed by atoms with E-state index in [2.05, 4.69) is 10.4 Å². The third-order valence-electron chi connectivity index (χ3n) is 5.73. The molecule has 8 nitrogen and oxygen atoms in total. The van der Waals surface area contributed by atoms with E-state index in [1.807, 2.05) is 34.9 Å². The standard InChI is InChI=1S/C25H24N4O4/c1-32-19-10-5-7-17(13-19)26-24(30)21-15-28(14-20-11-6-12-33-20)16-22-23(21)27-29(25(22)31)18-8-3-2-4-9-18/h2-5,7-10,13,15-16,20H,6,11-12,14H2,1H3,(H,26,30). The minimum atomic E-state index is -0.354. The van der Waals surface area contributed by atoms with Crippen LogP contribution in [-0.2, 0) is 11.3 Å². The maximum atomic E-state index is 13.3. The maximum absolute atomic E-state index is 13.3. The number of fused-ring (bicyclic) bond motifs is 1. The summed E-state index contributed by atoms with van der Waals surface area (Å²) in [5.74, 6) is 0.280. The van der Waals surface area contributed by atoms with Crippen LogP contribution in [0.4, 0.5) is 5.69 Å². The summed E-state index contributed by atoms with van der Waals surface area (Å²) >= 11 is 0. The topological polar surface area (TPSA) is 87.4 Å². The molecule has 33 heavy (non-hydrogen) atoms. The van der Waals surface area contributed by atoms with Crippen molar-refractivity contribution in [2.24, 2.45) is 0 Å². The fraction of sp³-hybridized carbons (Fsp3) is 0.240. The number of anilines is 1. The van der Waals surface area contributed by atoms with Crippen LogP contribution in [0, 0.1) is 0 Å². The van der Waals surface area contributed by atoms with Gasteiger partial charge in [0.25, 0.3) is 11.5 Å². The van der Waals surface area contributed by atoms with Gasteiger partial charge < -0.3 is 19.4 Å². The van der Waals surface area contributed by atoms with Gasteiger partial charge in [-0.3, -0.25) is 9.59 Å². The highest BCUT2D eigenvalue weighted by molar-refractivity contribution is 6.08. The molecule has 5 rings (SSSR count). The monoisotopic (exact) mass is 444 g/mol. The Kier molecular flexibility index (Phi) is 5.66. The highest BCUT2D eigenvalue weighted by atomic mass is 16.5. The number of amides is 1. The molecule has 168 valence electrons. The van der Waals surface area contributed by atoms with Gasteiger partial charge in [-0.05, 0) is 37.1 Å². The second kappa shape index (κ2) is 8.91. The lowest BCUT2D eigenvalue weighted by Crippen LogP contribution is -2.20. The number of para-hydroxylation sites is 1. The molecular weight excluding hydrogens is 420 g/mol. The third kappa shape index (κ3) is 4.25. The minimum absolute atomic E-state index is 0.0565. The van der Waals surface area contributed by atoms with Crippen molar-refractivity contribution in [1.29, 1.82) is 0 Å². The molecule has 2 aromatic carbocycles. The summed E-state index contributed by atoms with van der Waals surface area (Å²) in [5.41, 5.74) is 2.02. The van der Waals surface area contributed by atoms with E-state index in [0.717, 1.165) is 19.4 Å². The molecule has 8 heteroatoms. The number of carbonyl (C=O) groups is 1. The van der Waals surface area contributed by atoms with Gasteiger partial charge in [-0.1, -0.05) is 24.3 Å². The van der Waals surface area contributed by atoms with Crippen LogP contribution in [0.5, 0.6) is 5.75 Å². The smallest absolute Gasteiger partial charge is 0.282 e. The van der Waals surface area contributed by atoms with Gasteiger partial charge in [0.05, 0.1) is 30.0 Å². The van der Waals surface area contributed by atoms with Gasteiger partial charge in [0.2, 0.25) is 0 Å². The van der Waals surface area contributed by atoms with Crippen LogP contribution in [0.1, 0.15) is 23.2 Å². The zero-order valence-electron chi connectivity index (χ0n) is 18.2. The fourth-order valence-corrected chi connectivity index (χ4v) is 4.10. The summed E-state index contributed by atoms with van der Waals surface area (Å²) in [4.78, 5) is 26.6. The summed E-state index contributed by atoms with van der Waals surface area (Å²) in [6, 6.07) is 16.3. The highest BCUT2D eigenvalue weighted by Gasteiger charge is 2.26. The van der Waals surface area contributed by atoms with Crippen LogP contribution in [-0.4, -0.2) is 40.1 Å². The second-order valence-corrected chi connectivity index (χ2v) is 8.00. The zero-order valence-corrected chi connectivity index (χ0v) is 18.2. The van der Waals surface area contributed by atoms with Crippen molar-refractivity contribution in [1.82, 2.24) is 14.3 Å². The molecule has 1 saturated heterocycles. The van der Waals surface area contributed by atoms with Gasteiger partial charge in [0.1, 0.15) is 11.4 Å². The first-order chi connectivity index (χ1) is 16.1. The quantitative estimate of drug-likeness (QED) is 0.491. The lowest BCUT2D eigenvalue weighted by atomic mass is 10.1. The summed E-state index contributed by atoms with van der Waals surface area (Å²) in [6.07, 6.45) is 5.51. The summed E-state index contributed by atoms with van der Waals surface area (Å²) in [5, 5.41) is 7.43. The normalized spacial score (nSPS) is 15.6. The average Bonchev–Trinajstić information content (AvgIpc) is 3.47. The number of hydrogen-bond donors (Lipinski definition) is 1. The number of rotatable bonds is 6. The number of benzene rings is 2. The van der Waals surface area contributed by atoms with Crippen molar-refractivity contribution in [3.8, 4) is 22.7 Å². The van der Waals surface area contributed by atoms with Gasteiger partial charge >= 0.3 is 0 Å². The first kappa shape index (κ1) is 21.0. The van der Waals surface area contributed by atoms with Crippen LogP contribution < -0.4 is 15.6 Å². The molecule has 0 radical (unpaired) electrons. The van der Waals surface area contributed by atoms with Crippen LogP contribution in [0.15, 0.2) is 71.8 Å². The van der Waals surface area contributed by atoms with Crippen molar-refractivity contribution in [2.75, 3.05) is 19.0 Å². The van der Waals surface area contributed by atoms with Gasteiger partial charge in [-0.25, -0.2) is 0 Å². The van der Waals surface area contributed by atoms with Gasteiger partial charge in [-0.15, -0.1) is 0 Å². The van der Waals surface area contributed by atoms with Crippen molar-refractivity contribution < 1.29 is 14.3 Å². The molecule has 3 heterocycles. The van der Waals surface area contributed by atoms with Crippen LogP contribution >= 0.6 is 0 Å². The number of pyridine rings is 1. The lowest BCUT2D eigenvalue weighted by Gasteiger charge is -2.16. The first-order valence-corrected chi connectivity index (χ1v) is 10.9. The molecule has 0 bridgehead atoms. The largest absolute Gasteiger partial charge is 0.497 e. The van der Waals surface area contributed by atoms with E-state index in [0.29, 0.717) is 40.5 Å². The van der Waals surface area contributed by atoms with E-state index in [4.69, 9.17) is 9.47 Å². The highest BCUT2D eigenvalue weighted by Crippen LogP contribution is 2.25. The van der Waals surface area contributed by atoms with E-state index in [9.17, 15) is 9.59 Å². The predicted octanol–water partition coefficient (Wildman–Crippen LogP) is 3.58. The Morgan fingerprint density at radius 3 is 2.79 bits per heavy atom. The second-order valence-electron chi connectivity index (χ2n) is 8.00. The predicted molar refractivity (Wildman–Crippen MR) is 124 cm³/mol. The molecule has 2 aromatic rings. The molecule has 0 spiro atoms. The SMILES string of the molecule is COc1cccc(NC(=O)c2cn(CC3CCCO3)cc3c(=O)n(-c4ccccc4)nc2-3)c1. The van der Waals surface area contributed by atoms with E-state index in [1.165, 1.54) is 4.68 Å². The van der Waals surface area contributed by atoms with E-state index >= 15 is 0 Å². The number of nitrogens with one attached hydrogen (secondary N) is 1. The van der Waals surface area contributed by atoms with Crippen LogP contribution in [0.3, 0.4) is 0 Å². The molecule has 1 amide bonds. The summed E-state index contributed by atoms with van der Waals surface area (Å²) in [6.45, 7) is 1.29. The van der Waals surface area contributed by atoms with Gasteiger partial charge in [0.15, 0.2) is 0 Å². The molecular formula is C25H24N4O4. The molecule has 0 aliphatic carbocycles. The molecule has 1 N–H and O–H groups in total. The fourth-order valence-electron chi connectivity index (χ4n) is 4.10. The first-order valence-electron chi connectivity index (χ1n) is 10.9. The molecule has 3 aliphatic heterocycles. The Morgan fingerprint density at radius 2 is 2.03 bits per heavy atom. The molecule has 1 unspecified atom stereocenters. The van der Waals surface area contributed by atoms with Crippen LogP contribution in [0.2, 0.25) is 0 Å². The van der Waals surface area contributed by atoms with E-state index in [1.54, 1.807) is 43.8 Å². The molecule has 1 atom stereocenters. The van der Waals surface area contributed by atoms with Crippen molar-refractivity contribution >= 4 is 11.6 Å². The zero-order chi connectivity index (χ0) is 22.8. The Hall–Kier alpha value is -3.91. The number of ether oxygens (including phenoxy) is 2. The molecule has 3 aliphatic rings. The van der Waals surface area contributed by atoms with E-state index in [-0.39, 0.29) is 17.6 Å².